The largest absolute Gasteiger partial charge is 0.420 e. The summed E-state index contributed by atoms with van der Waals surface area (Å²) in [6.07, 6.45) is 2.62. The van der Waals surface area contributed by atoms with E-state index < -0.39 is 11.7 Å². The lowest BCUT2D eigenvalue weighted by molar-refractivity contribution is 0.377. The van der Waals surface area contributed by atoms with Crippen molar-refractivity contribution in [1.29, 1.82) is 5.26 Å². The summed E-state index contributed by atoms with van der Waals surface area (Å²) < 4.78 is 20.0. The first-order chi connectivity index (χ1) is 11.6. The summed E-state index contributed by atoms with van der Waals surface area (Å²) in [6, 6.07) is 6.46. The van der Waals surface area contributed by atoms with Gasteiger partial charge in [-0.15, -0.1) is 5.10 Å². The summed E-state index contributed by atoms with van der Waals surface area (Å²) in [5, 5.41) is 16.8. The number of H-pyrrole nitrogens is 1. The second-order valence-corrected chi connectivity index (χ2v) is 5.99. The van der Waals surface area contributed by atoms with E-state index in [1.165, 1.54) is 12.1 Å². The van der Waals surface area contributed by atoms with Crippen molar-refractivity contribution < 1.29 is 9.13 Å². The average Bonchev–Trinajstić information content (AvgIpc) is 2.95. The van der Waals surface area contributed by atoms with Crippen molar-refractivity contribution in [3.8, 4) is 11.9 Å². The summed E-state index contributed by atoms with van der Waals surface area (Å²) in [5.74, 6) is -1.05. The molecule has 24 heavy (non-hydrogen) atoms. The van der Waals surface area contributed by atoms with Crippen LogP contribution in [0.2, 0.25) is 5.02 Å². The van der Waals surface area contributed by atoms with E-state index >= 15 is 0 Å². The Morgan fingerprint density at radius 3 is 2.92 bits per heavy atom. The predicted molar refractivity (Wildman–Crippen MR) is 87.9 cm³/mol. The molecule has 1 aliphatic heterocycles. The molecule has 1 unspecified atom stereocenters. The molecule has 2 aromatic rings. The van der Waals surface area contributed by atoms with Crippen molar-refractivity contribution in [3.05, 3.63) is 57.3 Å². The third-order valence-electron chi connectivity index (χ3n) is 4.09. The van der Waals surface area contributed by atoms with Gasteiger partial charge in [-0.05, 0) is 25.0 Å². The second-order valence-electron chi connectivity index (χ2n) is 5.58. The van der Waals surface area contributed by atoms with Crippen molar-refractivity contribution in [3.63, 3.8) is 0 Å². The first-order valence-corrected chi connectivity index (χ1v) is 8.04. The fourth-order valence-corrected chi connectivity index (χ4v) is 3.20. The third-order valence-corrected chi connectivity index (χ3v) is 4.42. The van der Waals surface area contributed by atoms with Gasteiger partial charge in [0.15, 0.2) is 0 Å². The molecule has 2 heterocycles. The van der Waals surface area contributed by atoms with E-state index in [1.807, 2.05) is 6.07 Å². The van der Waals surface area contributed by atoms with E-state index in [0.717, 1.165) is 18.5 Å². The lowest BCUT2D eigenvalue weighted by Crippen LogP contribution is -2.22. The molecule has 124 valence electrons. The third kappa shape index (κ3) is 2.61. The molecule has 0 radical (unpaired) electrons. The van der Waals surface area contributed by atoms with Crippen molar-refractivity contribution in [2.75, 3.05) is 0 Å². The number of hydrogen-bond donors (Lipinski definition) is 2. The van der Waals surface area contributed by atoms with Crippen LogP contribution in [0.3, 0.4) is 0 Å². The number of nitrogens with one attached hydrogen (secondary N) is 1. The van der Waals surface area contributed by atoms with Crippen LogP contribution in [-0.2, 0) is 6.42 Å². The van der Waals surface area contributed by atoms with Gasteiger partial charge in [0.1, 0.15) is 17.5 Å². The molecule has 0 saturated carbocycles. The molecule has 5 nitrogen and oxygen atoms in total. The lowest BCUT2D eigenvalue weighted by atomic mass is 9.83. The van der Waals surface area contributed by atoms with Gasteiger partial charge >= 0.3 is 0 Å². The monoisotopic (exact) mass is 346 g/mol. The molecule has 1 aromatic heterocycles. The SMILES string of the molecule is CCCCc1[nH]nc2c1C(c1c(F)cccc1Cl)C(C#N)=C(N)O2. The maximum atomic E-state index is 14.5. The molecule has 0 spiro atoms. The van der Waals surface area contributed by atoms with Crippen LogP contribution in [-0.4, -0.2) is 10.2 Å². The van der Waals surface area contributed by atoms with Crippen LogP contribution >= 0.6 is 11.6 Å². The van der Waals surface area contributed by atoms with Crippen LogP contribution in [0.25, 0.3) is 0 Å². The zero-order valence-electron chi connectivity index (χ0n) is 13.1. The molecule has 7 heteroatoms. The Bertz CT molecular complexity index is 833. The molecule has 0 aliphatic carbocycles. The summed E-state index contributed by atoms with van der Waals surface area (Å²) in [5.41, 5.74) is 7.63. The molecular formula is C17H16ClFN4O. The number of allylic oxidation sites excluding steroid dienone is 1. The normalized spacial score (nSPS) is 16.5. The molecule has 0 amide bonds. The number of unbranched alkanes of at least 4 members (excludes halogenated alkanes) is 1. The van der Waals surface area contributed by atoms with E-state index in [4.69, 9.17) is 22.1 Å². The Hall–Kier alpha value is -2.52. The molecule has 0 fully saturated rings. The number of nitriles is 1. The number of fused-ring (bicyclic) bond motifs is 1. The quantitative estimate of drug-likeness (QED) is 0.882. The molecule has 1 aliphatic rings. The Morgan fingerprint density at radius 1 is 1.46 bits per heavy atom. The van der Waals surface area contributed by atoms with Gasteiger partial charge in [0, 0.05) is 16.3 Å². The number of ether oxygens (including phenoxy) is 1. The highest BCUT2D eigenvalue weighted by atomic mass is 35.5. The van der Waals surface area contributed by atoms with Crippen molar-refractivity contribution >= 4 is 11.6 Å². The first kappa shape index (κ1) is 16.3. The zero-order valence-corrected chi connectivity index (χ0v) is 13.8. The van der Waals surface area contributed by atoms with Gasteiger partial charge in [-0.25, -0.2) is 4.39 Å². The molecule has 1 aromatic carbocycles. The number of benzene rings is 1. The lowest BCUT2D eigenvalue weighted by Gasteiger charge is -2.25. The summed E-state index contributed by atoms with van der Waals surface area (Å²) in [6.45, 7) is 2.07. The molecule has 3 rings (SSSR count). The minimum absolute atomic E-state index is 0.0807. The highest BCUT2D eigenvalue weighted by molar-refractivity contribution is 6.31. The van der Waals surface area contributed by atoms with Crippen LogP contribution in [0.4, 0.5) is 4.39 Å². The van der Waals surface area contributed by atoms with Crippen molar-refractivity contribution in [1.82, 2.24) is 10.2 Å². The maximum absolute atomic E-state index is 14.5. The minimum Gasteiger partial charge on any atom is -0.420 e. The van der Waals surface area contributed by atoms with Gasteiger partial charge in [-0.3, -0.25) is 5.10 Å². The smallest absolute Gasteiger partial charge is 0.244 e. The summed E-state index contributed by atoms with van der Waals surface area (Å²) in [7, 11) is 0. The fraction of sp³-hybridized carbons (Fsp3) is 0.294. The number of rotatable bonds is 4. The highest BCUT2D eigenvalue weighted by Crippen LogP contribution is 2.45. The number of aryl methyl sites for hydroxylation is 1. The van der Waals surface area contributed by atoms with Crippen LogP contribution in [0.1, 0.15) is 42.5 Å². The molecule has 1 atom stereocenters. The number of nitrogens with zero attached hydrogens (tertiary/aromatic N) is 2. The van der Waals surface area contributed by atoms with Gasteiger partial charge in [0.2, 0.25) is 11.8 Å². The Morgan fingerprint density at radius 2 is 2.25 bits per heavy atom. The number of aromatic nitrogens is 2. The van der Waals surface area contributed by atoms with Crippen LogP contribution in [0.15, 0.2) is 29.7 Å². The van der Waals surface area contributed by atoms with Crippen LogP contribution in [0.5, 0.6) is 5.88 Å². The van der Waals surface area contributed by atoms with E-state index in [2.05, 4.69) is 17.1 Å². The number of halogens is 2. The van der Waals surface area contributed by atoms with Crippen LogP contribution < -0.4 is 10.5 Å². The highest BCUT2D eigenvalue weighted by Gasteiger charge is 2.37. The topological polar surface area (TPSA) is 87.7 Å². The average molecular weight is 347 g/mol. The summed E-state index contributed by atoms with van der Waals surface area (Å²) >= 11 is 6.24. The standard InChI is InChI=1S/C17H16ClFN4O/c1-2-3-7-12-15-13(14-10(18)5-4-6-11(14)19)9(8-20)16(21)24-17(15)23-22-12/h4-6,13H,2-3,7,21H2,1H3,(H,22,23). The van der Waals surface area contributed by atoms with Crippen molar-refractivity contribution in [2.24, 2.45) is 5.73 Å². The first-order valence-electron chi connectivity index (χ1n) is 7.67. The van der Waals surface area contributed by atoms with Gasteiger partial charge in [0.05, 0.1) is 11.5 Å². The molecule has 0 saturated heterocycles. The number of aromatic amines is 1. The Kier molecular flexibility index (Phi) is 4.45. The minimum atomic E-state index is -0.738. The summed E-state index contributed by atoms with van der Waals surface area (Å²) in [4.78, 5) is 0. The second kappa shape index (κ2) is 6.54. The van der Waals surface area contributed by atoms with E-state index in [0.29, 0.717) is 12.0 Å². The van der Waals surface area contributed by atoms with Gasteiger partial charge in [-0.1, -0.05) is 31.0 Å². The van der Waals surface area contributed by atoms with Gasteiger partial charge in [0.25, 0.3) is 0 Å². The molecule has 3 N–H and O–H groups in total. The zero-order chi connectivity index (χ0) is 17.3. The number of hydrogen-bond acceptors (Lipinski definition) is 4. The van der Waals surface area contributed by atoms with E-state index in [9.17, 15) is 9.65 Å². The number of nitrogens with two attached hydrogens (primary N) is 1. The van der Waals surface area contributed by atoms with E-state index in [-0.39, 0.29) is 27.9 Å². The van der Waals surface area contributed by atoms with E-state index in [1.54, 1.807) is 6.07 Å². The Labute approximate surface area is 143 Å². The predicted octanol–water partition coefficient (Wildman–Crippen LogP) is 3.76. The maximum Gasteiger partial charge on any atom is 0.244 e. The van der Waals surface area contributed by atoms with Crippen LogP contribution in [0, 0.1) is 17.1 Å². The molecular weight excluding hydrogens is 331 g/mol. The molecule has 0 bridgehead atoms. The fourth-order valence-electron chi connectivity index (χ4n) is 2.93. The van der Waals surface area contributed by atoms with Gasteiger partial charge in [-0.2, -0.15) is 5.26 Å². The van der Waals surface area contributed by atoms with Crippen molar-refractivity contribution in [2.45, 2.75) is 32.1 Å². The Balaban J connectivity index is 2.23. The van der Waals surface area contributed by atoms with Gasteiger partial charge < -0.3 is 10.5 Å².